The van der Waals surface area contributed by atoms with Gasteiger partial charge in [-0.2, -0.15) is 0 Å². The normalized spacial score (nSPS) is 17.5. The third-order valence-electron chi connectivity index (χ3n) is 3.71. The van der Waals surface area contributed by atoms with Crippen LogP contribution in [0.25, 0.3) is 10.8 Å². The average molecular weight is 258 g/mol. The fourth-order valence-electron chi connectivity index (χ4n) is 2.83. The molecule has 2 N–H and O–H groups in total. The maximum absolute atomic E-state index is 10.2. The quantitative estimate of drug-likeness (QED) is 0.887. The van der Waals surface area contributed by atoms with Crippen molar-refractivity contribution in [3.8, 4) is 5.75 Å². The number of benzene rings is 1. The van der Waals surface area contributed by atoms with E-state index in [4.69, 9.17) is 0 Å². The van der Waals surface area contributed by atoms with E-state index in [1.807, 2.05) is 12.1 Å². The molecule has 4 nitrogen and oxygen atoms in total. The van der Waals surface area contributed by atoms with Gasteiger partial charge >= 0.3 is 0 Å². The van der Waals surface area contributed by atoms with Gasteiger partial charge in [-0.1, -0.05) is 19.4 Å². The molecule has 0 spiro atoms. The number of aromatic hydroxyl groups is 1. The molecule has 0 radical (unpaired) electrons. The van der Waals surface area contributed by atoms with Crippen molar-refractivity contribution in [2.24, 2.45) is 0 Å². The first-order valence-electron chi connectivity index (χ1n) is 6.66. The highest BCUT2D eigenvalue weighted by Gasteiger charge is 2.41. The van der Waals surface area contributed by atoms with Crippen molar-refractivity contribution < 1.29 is 10.2 Å². The van der Waals surface area contributed by atoms with Crippen LogP contribution in [-0.4, -0.2) is 33.9 Å². The van der Waals surface area contributed by atoms with E-state index in [2.05, 4.69) is 16.8 Å². The first kappa shape index (κ1) is 12.2. The van der Waals surface area contributed by atoms with Crippen LogP contribution in [0.3, 0.4) is 0 Å². The summed E-state index contributed by atoms with van der Waals surface area (Å²) in [5.74, 6) is 1.08. The van der Waals surface area contributed by atoms with Gasteiger partial charge in [-0.05, 0) is 30.0 Å². The van der Waals surface area contributed by atoms with Gasteiger partial charge in [0.2, 0.25) is 0 Å². The smallest absolute Gasteiger partial charge is 0.136 e. The Balaban J connectivity index is 1.92. The minimum atomic E-state index is -0.574. The third-order valence-corrected chi connectivity index (χ3v) is 3.71. The number of nitrogens with zero attached hydrogens (tertiary/aromatic N) is 2. The summed E-state index contributed by atoms with van der Waals surface area (Å²) in [7, 11) is 0. The van der Waals surface area contributed by atoms with Gasteiger partial charge in [-0.3, -0.25) is 0 Å². The van der Waals surface area contributed by atoms with Crippen molar-refractivity contribution in [3.05, 3.63) is 30.5 Å². The molecule has 4 heteroatoms. The molecule has 100 valence electrons. The number of hydrogen-bond acceptors (Lipinski definition) is 4. The fourth-order valence-corrected chi connectivity index (χ4v) is 2.83. The van der Waals surface area contributed by atoms with Crippen LogP contribution in [0.5, 0.6) is 5.75 Å². The number of pyridine rings is 1. The van der Waals surface area contributed by atoms with Gasteiger partial charge in [0.25, 0.3) is 0 Å². The molecule has 1 aromatic heterocycles. The Morgan fingerprint density at radius 1 is 1.32 bits per heavy atom. The molecule has 1 aliphatic rings. The van der Waals surface area contributed by atoms with Gasteiger partial charge in [0, 0.05) is 24.7 Å². The maximum Gasteiger partial charge on any atom is 0.136 e. The van der Waals surface area contributed by atoms with Crippen molar-refractivity contribution in [2.45, 2.75) is 25.4 Å². The van der Waals surface area contributed by atoms with Crippen molar-refractivity contribution in [1.29, 1.82) is 0 Å². The standard InChI is InChI=1S/C15H18N2O2/c1-2-6-15(19)9-17(10-15)14-13-8-12(18)4-3-11(13)5-7-16-14/h3-5,7-8,18-19H,2,6,9-10H2,1H3. The zero-order valence-corrected chi connectivity index (χ0v) is 11.0. The molecule has 1 saturated heterocycles. The summed E-state index contributed by atoms with van der Waals surface area (Å²) in [6, 6.07) is 7.22. The number of hydrogen-bond donors (Lipinski definition) is 2. The lowest BCUT2D eigenvalue weighted by Crippen LogP contribution is -2.62. The van der Waals surface area contributed by atoms with Gasteiger partial charge in [0.1, 0.15) is 11.6 Å². The maximum atomic E-state index is 10.2. The Kier molecular flexibility index (Phi) is 2.82. The van der Waals surface area contributed by atoms with E-state index in [1.165, 1.54) is 0 Å². The molecule has 1 aliphatic heterocycles. The molecule has 1 fully saturated rings. The molecular formula is C15H18N2O2. The number of phenols is 1. The lowest BCUT2D eigenvalue weighted by Gasteiger charge is -2.47. The summed E-state index contributed by atoms with van der Waals surface area (Å²) < 4.78 is 0. The van der Waals surface area contributed by atoms with Crippen LogP contribution in [-0.2, 0) is 0 Å². The molecule has 3 rings (SSSR count). The topological polar surface area (TPSA) is 56.6 Å². The molecule has 2 heterocycles. The Bertz CT molecular complexity index is 606. The predicted molar refractivity (Wildman–Crippen MR) is 75.5 cm³/mol. The minimum absolute atomic E-state index is 0.242. The van der Waals surface area contributed by atoms with Crippen molar-refractivity contribution in [3.63, 3.8) is 0 Å². The van der Waals surface area contributed by atoms with Gasteiger partial charge in [0.05, 0.1) is 5.60 Å². The summed E-state index contributed by atoms with van der Waals surface area (Å²) in [5.41, 5.74) is -0.574. The fraction of sp³-hybridized carbons (Fsp3) is 0.400. The second-order valence-electron chi connectivity index (χ2n) is 5.37. The van der Waals surface area contributed by atoms with E-state index in [9.17, 15) is 10.2 Å². The molecule has 0 bridgehead atoms. The van der Waals surface area contributed by atoms with Crippen LogP contribution >= 0.6 is 0 Å². The van der Waals surface area contributed by atoms with Crippen molar-refractivity contribution in [2.75, 3.05) is 18.0 Å². The number of β-amino-alcohol motifs (C(OH)–C–C–N with tert-alkyl or cyclic N) is 1. The Hall–Kier alpha value is -1.81. The van der Waals surface area contributed by atoms with Crippen LogP contribution in [0.2, 0.25) is 0 Å². The van der Waals surface area contributed by atoms with Gasteiger partial charge in [0.15, 0.2) is 0 Å². The number of phenolic OH excluding ortho intramolecular Hbond substituents is 1. The van der Waals surface area contributed by atoms with Gasteiger partial charge in [-0.25, -0.2) is 4.98 Å². The minimum Gasteiger partial charge on any atom is -0.508 e. The number of aromatic nitrogens is 1. The summed E-state index contributed by atoms with van der Waals surface area (Å²) >= 11 is 0. The zero-order chi connectivity index (χ0) is 13.5. The largest absolute Gasteiger partial charge is 0.508 e. The van der Waals surface area contributed by atoms with Gasteiger partial charge < -0.3 is 15.1 Å². The van der Waals surface area contributed by atoms with Crippen LogP contribution in [0, 0.1) is 0 Å². The van der Waals surface area contributed by atoms with Crippen LogP contribution in [0.15, 0.2) is 30.5 Å². The molecule has 0 amide bonds. The number of rotatable bonds is 3. The summed E-state index contributed by atoms with van der Waals surface area (Å²) in [6.07, 6.45) is 3.57. The van der Waals surface area contributed by atoms with E-state index in [1.54, 1.807) is 18.3 Å². The first-order chi connectivity index (χ1) is 9.11. The molecule has 2 aromatic rings. The number of anilines is 1. The van der Waals surface area contributed by atoms with Crippen LogP contribution in [0.1, 0.15) is 19.8 Å². The summed E-state index contributed by atoms with van der Waals surface area (Å²) in [4.78, 5) is 6.47. The van der Waals surface area contributed by atoms with Crippen LogP contribution in [0.4, 0.5) is 5.82 Å². The Morgan fingerprint density at radius 3 is 2.84 bits per heavy atom. The molecule has 0 atom stereocenters. The average Bonchev–Trinajstić information content (AvgIpc) is 2.35. The van der Waals surface area contributed by atoms with Crippen LogP contribution < -0.4 is 4.90 Å². The highest BCUT2D eigenvalue weighted by molar-refractivity contribution is 5.93. The third kappa shape index (κ3) is 2.12. The van der Waals surface area contributed by atoms with E-state index < -0.39 is 5.60 Å². The monoisotopic (exact) mass is 258 g/mol. The number of aliphatic hydroxyl groups is 1. The SMILES string of the molecule is CCCC1(O)CN(c2nccc3ccc(O)cc23)C1. The highest BCUT2D eigenvalue weighted by atomic mass is 16.3. The summed E-state index contributed by atoms with van der Waals surface area (Å²) in [6.45, 7) is 3.31. The van der Waals surface area contributed by atoms with E-state index in [-0.39, 0.29) is 5.75 Å². The second-order valence-corrected chi connectivity index (χ2v) is 5.37. The lowest BCUT2D eigenvalue weighted by atomic mass is 9.89. The molecule has 0 unspecified atom stereocenters. The second kappa shape index (κ2) is 4.38. The molecule has 0 saturated carbocycles. The molecule has 1 aromatic carbocycles. The number of fused-ring (bicyclic) bond motifs is 1. The van der Waals surface area contributed by atoms with Gasteiger partial charge in [-0.15, -0.1) is 0 Å². The van der Waals surface area contributed by atoms with E-state index >= 15 is 0 Å². The molecular weight excluding hydrogens is 240 g/mol. The lowest BCUT2D eigenvalue weighted by molar-refractivity contribution is 0.00312. The Morgan fingerprint density at radius 2 is 2.11 bits per heavy atom. The molecule has 0 aliphatic carbocycles. The summed E-state index contributed by atoms with van der Waals surface area (Å²) in [5, 5.41) is 21.8. The van der Waals surface area contributed by atoms with E-state index in [0.717, 1.165) is 29.4 Å². The zero-order valence-electron chi connectivity index (χ0n) is 11.0. The van der Waals surface area contributed by atoms with E-state index in [0.29, 0.717) is 13.1 Å². The van der Waals surface area contributed by atoms with Crippen molar-refractivity contribution in [1.82, 2.24) is 4.98 Å². The molecule has 19 heavy (non-hydrogen) atoms. The first-order valence-corrected chi connectivity index (χ1v) is 6.66. The highest BCUT2D eigenvalue weighted by Crippen LogP contribution is 2.34. The Labute approximate surface area is 112 Å². The predicted octanol–water partition coefficient (Wildman–Crippen LogP) is 2.29. The van der Waals surface area contributed by atoms with Crippen molar-refractivity contribution >= 4 is 16.6 Å².